The van der Waals surface area contributed by atoms with Crippen molar-refractivity contribution < 1.29 is 4.79 Å². The first-order valence-corrected chi connectivity index (χ1v) is 12.9. The number of carbonyl (C=O) groups is 1. The number of aliphatic imine (C=N–C) groups is 1. The topological polar surface area (TPSA) is 60.0 Å². The third-order valence-electron chi connectivity index (χ3n) is 7.31. The summed E-state index contributed by atoms with van der Waals surface area (Å²) in [6.07, 6.45) is 0.146. The van der Waals surface area contributed by atoms with Gasteiger partial charge in [0, 0.05) is 47.9 Å². The predicted molar refractivity (Wildman–Crippen MR) is 149 cm³/mol. The summed E-state index contributed by atoms with van der Waals surface area (Å²) in [5.41, 5.74) is 5.79. The second kappa shape index (κ2) is 9.22. The van der Waals surface area contributed by atoms with Crippen molar-refractivity contribution >= 4 is 51.9 Å². The summed E-state index contributed by atoms with van der Waals surface area (Å²) < 4.78 is 0. The van der Waals surface area contributed by atoms with E-state index in [4.69, 9.17) is 28.8 Å². The highest BCUT2D eigenvalue weighted by atomic mass is 35.5. The standard InChI is InChI=1S/C28H26ClN5OS/c1-33-24-12-11-18(29)15-21(24)25(17-7-3-2-4-8-17)31-26(27(33)35)32-28(36)34-14-13-20-19-9-5-6-10-22(19)30-23(20)16-34/h2-12,15,20,23,26,30H,13-14,16H2,1H3,(H,32,36). The Morgan fingerprint density at radius 1 is 1.11 bits per heavy atom. The molecule has 6 nitrogen and oxygen atoms in total. The molecule has 2 N–H and O–H groups in total. The van der Waals surface area contributed by atoms with Crippen LogP contribution < -0.4 is 15.5 Å². The summed E-state index contributed by atoms with van der Waals surface area (Å²) in [4.78, 5) is 22.3. The maximum Gasteiger partial charge on any atom is 0.272 e. The molecule has 3 aliphatic heterocycles. The fourth-order valence-corrected chi connectivity index (χ4v) is 5.93. The second-order valence-electron chi connectivity index (χ2n) is 9.43. The molecule has 36 heavy (non-hydrogen) atoms. The van der Waals surface area contributed by atoms with Gasteiger partial charge in [0.2, 0.25) is 6.17 Å². The lowest BCUT2D eigenvalue weighted by Crippen LogP contribution is -2.54. The molecule has 0 saturated carbocycles. The second-order valence-corrected chi connectivity index (χ2v) is 10.3. The van der Waals surface area contributed by atoms with Crippen LogP contribution in [0.3, 0.4) is 0 Å². The molecule has 0 spiro atoms. The van der Waals surface area contributed by atoms with Crippen molar-refractivity contribution in [3.8, 4) is 0 Å². The van der Waals surface area contributed by atoms with Gasteiger partial charge in [-0.05, 0) is 48.5 Å². The fourth-order valence-electron chi connectivity index (χ4n) is 5.48. The van der Waals surface area contributed by atoms with Gasteiger partial charge in [0.15, 0.2) is 5.11 Å². The van der Waals surface area contributed by atoms with Crippen LogP contribution >= 0.6 is 23.8 Å². The molecule has 1 fully saturated rings. The van der Waals surface area contributed by atoms with E-state index in [0.717, 1.165) is 36.3 Å². The van der Waals surface area contributed by atoms with Crippen LogP contribution in [0.25, 0.3) is 0 Å². The van der Waals surface area contributed by atoms with E-state index in [1.807, 2.05) is 42.5 Å². The van der Waals surface area contributed by atoms with E-state index >= 15 is 0 Å². The first-order chi connectivity index (χ1) is 17.5. The third-order valence-corrected chi connectivity index (χ3v) is 7.92. The van der Waals surface area contributed by atoms with Gasteiger partial charge in [0.05, 0.1) is 17.4 Å². The lowest BCUT2D eigenvalue weighted by molar-refractivity contribution is -0.119. The van der Waals surface area contributed by atoms with Gasteiger partial charge in [0.25, 0.3) is 5.91 Å². The van der Waals surface area contributed by atoms with Crippen LogP contribution in [0.1, 0.15) is 29.0 Å². The van der Waals surface area contributed by atoms with Crippen LogP contribution in [0.2, 0.25) is 5.02 Å². The summed E-state index contributed by atoms with van der Waals surface area (Å²) in [6.45, 7) is 1.60. The first-order valence-electron chi connectivity index (χ1n) is 12.1. The molecule has 0 bridgehead atoms. The van der Waals surface area contributed by atoms with Crippen molar-refractivity contribution in [2.45, 2.75) is 24.5 Å². The SMILES string of the molecule is CN1C(=O)C(NC(=S)N2CCC3c4ccccc4NC3C2)N=C(c2ccccc2)c2cc(Cl)ccc21. The Kier molecular flexibility index (Phi) is 5.90. The van der Waals surface area contributed by atoms with E-state index in [0.29, 0.717) is 21.8 Å². The molecule has 8 heteroatoms. The van der Waals surface area contributed by atoms with Crippen LogP contribution in [0.4, 0.5) is 11.4 Å². The van der Waals surface area contributed by atoms with Crippen LogP contribution in [0.5, 0.6) is 0 Å². The Hall–Kier alpha value is -3.42. The molecule has 3 atom stereocenters. The molecular weight excluding hydrogens is 490 g/mol. The number of fused-ring (bicyclic) bond motifs is 4. The van der Waals surface area contributed by atoms with Gasteiger partial charge in [-0.15, -0.1) is 0 Å². The summed E-state index contributed by atoms with van der Waals surface area (Å²) >= 11 is 12.2. The number of benzene rings is 3. The molecule has 3 unspecified atom stereocenters. The number of hydrogen-bond donors (Lipinski definition) is 2. The maximum atomic E-state index is 13.6. The number of amides is 1. The number of thiocarbonyl (C=S) groups is 1. The fraction of sp³-hybridized carbons (Fsp3) is 0.250. The minimum Gasteiger partial charge on any atom is -0.380 e. The van der Waals surface area contributed by atoms with E-state index in [1.165, 1.54) is 11.3 Å². The molecule has 0 aromatic heterocycles. The number of halogens is 1. The smallest absolute Gasteiger partial charge is 0.272 e. The summed E-state index contributed by atoms with van der Waals surface area (Å²) in [5.74, 6) is 0.306. The maximum absolute atomic E-state index is 13.6. The van der Waals surface area contributed by atoms with Crippen LogP contribution in [-0.2, 0) is 4.79 Å². The van der Waals surface area contributed by atoms with E-state index in [2.05, 4.69) is 39.8 Å². The number of anilines is 2. The lowest BCUT2D eigenvalue weighted by Gasteiger charge is -2.37. The molecule has 3 aromatic carbocycles. The van der Waals surface area contributed by atoms with Crippen LogP contribution in [-0.4, -0.2) is 54.0 Å². The predicted octanol–water partition coefficient (Wildman–Crippen LogP) is 4.64. The van der Waals surface area contributed by atoms with Gasteiger partial charge in [-0.25, -0.2) is 4.99 Å². The number of likely N-dealkylation sites (N-methyl/N-ethyl adjacent to an activating group) is 1. The minimum absolute atomic E-state index is 0.173. The Morgan fingerprint density at radius 3 is 2.72 bits per heavy atom. The normalized spacial score (nSPS) is 22.6. The minimum atomic E-state index is -0.852. The zero-order valence-electron chi connectivity index (χ0n) is 19.8. The molecule has 3 aliphatic rings. The number of para-hydroxylation sites is 1. The quantitative estimate of drug-likeness (QED) is 0.487. The van der Waals surface area contributed by atoms with E-state index in [-0.39, 0.29) is 11.9 Å². The van der Waals surface area contributed by atoms with E-state index in [9.17, 15) is 4.79 Å². The number of nitrogens with one attached hydrogen (secondary N) is 2. The average Bonchev–Trinajstić information content (AvgIpc) is 3.24. The first kappa shape index (κ1) is 23.0. The van der Waals surface area contributed by atoms with Crippen LogP contribution in [0.15, 0.2) is 77.8 Å². The number of benzodiazepines with no additional fused rings is 1. The van der Waals surface area contributed by atoms with Gasteiger partial charge in [0.1, 0.15) is 0 Å². The number of rotatable bonds is 2. The number of nitrogens with zero attached hydrogens (tertiary/aromatic N) is 3. The molecule has 0 aliphatic carbocycles. The van der Waals surface area contributed by atoms with Crippen LogP contribution in [0, 0.1) is 0 Å². The monoisotopic (exact) mass is 515 g/mol. The van der Waals surface area contributed by atoms with Crippen molar-refractivity contribution in [2.75, 3.05) is 30.4 Å². The molecule has 6 rings (SSSR count). The van der Waals surface area contributed by atoms with Gasteiger partial charge in [-0.2, -0.15) is 0 Å². The largest absolute Gasteiger partial charge is 0.380 e. The number of likely N-dealkylation sites (tertiary alicyclic amines) is 1. The van der Waals surface area contributed by atoms with Gasteiger partial charge >= 0.3 is 0 Å². The molecule has 0 radical (unpaired) electrons. The number of piperidine rings is 1. The van der Waals surface area contributed by atoms with E-state index in [1.54, 1.807) is 18.0 Å². The van der Waals surface area contributed by atoms with Gasteiger partial charge < -0.3 is 20.4 Å². The number of carbonyl (C=O) groups excluding carboxylic acids is 1. The molecule has 3 heterocycles. The Labute approximate surface area is 221 Å². The highest BCUT2D eigenvalue weighted by Crippen LogP contribution is 2.40. The van der Waals surface area contributed by atoms with Crippen molar-refractivity contribution in [2.24, 2.45) is 4.99 Å². The Balaban J connectivity index is 1.28. The summed E-state index contributed by atoms with van der Waals surface area (Å²) in [7, 11) is 1.77. The third kappa shape index (κ3) is 4.02. The van der Waals surface area contributed by atoms with Crippen molar-refractivity contribution in [1.29, 1.82) is 0 Å². The molecule has 182 valence electrons. The lowest BCUT2D eigenvalue weighted by atomic mass is 9.89. The van der Waals surface area contributed by atoms with Crippen molar-refractivity contribution in [3.63, 3.8) is 0 Å². The van der Waals surface area contributed by atoms with Gasteiger partial charge in [-0.1, -0.05) is 60.1 Å². The number of hydrogen-bond acceptors (Lipinski definition) is 4. The zero-order valence-corrected chi connectivity index (χ0v) is 21.4. The highest BCUT2D eigenvalue weighted by Gasteiger charge is 2.38. The summed E-state index contributed by atoms with van der Waals surface area (Å²) in [6, 6.07) is 24.2. The van der Waals surface area contributed by atoms with Crippen molar-refractivity contribution in [3.05, 3.63) is 94.5 Å². The molecule has 1 saturated heterocycles. The Morgan fingerprint density at radius 2 is 1.89 bits per heavy atom. The average molecular weight is 516 g/mol. The molecule has 3 aromatic rings. The van der Waals surface area contributed by atoms with Gasteiger partial charge in [-0.3, -0.25) is 4.79 Å². The Bertz CT molecular complexity index is 1380. The van der Waals surface area contributed by atoms with E-state index < -0.39 is 6.17 Å². The molecule has 1 amide bonds. The molecular formula is C28H26ClN5OS. The highest BCUT2D eigenvalue weighted by molar-refractivity contribution is 7.80. The summed E-state index contributed by atoms with van der Waals surface area (Å²) in [5, 5.41) is 8.06. The van der Waals surface area contributed by atoms with Crippen molar-refractivity contribution in [1.82, 2.24) is 10.2 Å². The zero-order chi connectivity index (χ0) is 24.8.